The molecule has 314 valence electrons. The zero-order chi connectivity index (χ0) is 39.1. The normalized spacial score (nSPS) is 22.1. The minimum Gasteiger partial charge on any atom is -0.479 e. The highest BCUT2D eigenvalue weighted by atomic mass is 16.7. The predicted molar refractivity (Wildman–Crippen MR) is 209 cm³/mol. The van der Waals surface area contributed by atoms with E-state index in [4.69, 9.17) is 9.47 Å². The highest BCUT2D eigenvalue weighted by Crippen LogP contribution is 2.23. The molecule has 11 heteroatoms. The molecule has 1 fully saturated rings. The maximum absolute atomic E-state index is 12.9. The predicted octanol–water partition coefficient (Wildman–Crippen LogP) is 7.45. The van der Waals surface area contributed by atoms with E-state index in [1.54, 1.807) is 0 Å². The van der Waals surface area contributed by atoms with Crippen molar-refractivity contribution in [1.29, 1.82) is 0 Å². The standard InChI is InChI=1S/C42H81NO10/c1-3-5-7-9-11-13-15-17-19-20-22-24-26-28-30-34(44)36(46)33(32-52-42-39(49)37(47)38(48)40(53-42)41(50)51)43-35(45)31-29-27-25-23-21-18-16-14-12-10-8-6-4-2/h33-34,36-40,42,44,46-49H,3-32H2,1-2H3,(H,43,45)(H,50,51)/t33?,34?,36?,37-,38+,39+,40-,42-/m0/s1. The number of carbonyl (C=O) groups is 2. The summed E-state index contributed by atoms with van der Waals surface area (Å²) in [4.78, 5) is 24.5. The van der Waals surface area contributed by atoms with Crippen molar-refractivity contribution in [3.8, 4) is 0 Å². The van der Waals surface area contributed by atoms with Gasteiger partial charge >= 0.3 is 5.97 Å². The molecular formula is C42H81NO10. The molecule has 0 aromatic heterocycles. The number of aliphatic carboxylic acids is 1. The summed E-state index contributed by atoms with van der Waals surface area (Å²) < 4.78 is 10.8. The SMILES string of the molecule is CCCCCCCCCCCCCCCCC(O)C(O)C(CO[C@H]1O[C@H](C(=O)O)[C@H](O)[C@H](O)[C@H]1O)NC(=O)CCCCCCCCCCCCCCC. The molecule has 0 aliphatic carbocycles. The second-order valence-electron chi connectivity index (χ2n) is 15.7. The van der Waals surface area contributed by atoms with E-state index >= 15 is 0 Å². The summed E-state index contributed by atoms with van der Waals surface area (Å²) in [5.74, 6) is -1.85. The second-order valence-corrected chi connectivity index (χ2v) is 15.7. The zero-order valence-corrected chi connectivity index (χ0v) is 33.6. The van der Waals surface area contributed by atoms with Crippen molar-refractivity contribution in [1.82, 2.24) is 5.32 Å². The Kier molecular flexibility index (Phi) is 30.8. The molecule has 1 heterocycles. The molecule has 0 spiro atoms. The fourth-order valence-corrected chi connectivity index (χ4v) is 7.18. The van der Waals surface area contributed by atoms with Crippen LogP contribution < -0.4 is 5.32 Å². The Morgan fingerprint density at radius 1 is 0.585 bits per heavy atom. The zero-order valence-electron chi connectivity index (χ0n) is 33.6. The van der Waals surface area contributed by atoms with Crippen molar-refractivity contribution in [2.45, 2.75) is 249 Å². The molecule has 1 aliphatic rings. The topological polar surface area (TPSA) is 186 Å². The summed E-state index contributed by atoms with van der Waals surface area (Å²) in [5, 5.41) is 64.7. The van der Waals surface area contributed by atoms with E-state index in [0.29, 0.717) is 19.3 Å². The van der Waals surface area contributed by atoms with E-state index in [1.807, 2.05) is 0 Å². The van der Waals surface area contributed by atoms with Crippen LogP contribution in [-0.2, 0) is 19.1 Å². The van der Waals surface area contributed by atoms with Crippen molar-refractivity contribution in [3.63, 3.8) is 0 Å². The van der Waals surface area contributed by atoms with Gasteiger partial charge in [-0.25, -0.2) is 4.79 Å². The fraction of sp³-hybridized carbons (Fsp3) is 0.952. The van der Waals surface area contributed by atoms with E-state index in [2.05, 4.69) is 19.2 Å². The van der Waals surface area contributed by atoms with Gasteiger partial charge in [0.1, 0.15) is 24.4 Å². The van der Waals surface area contributed by atoms with E-state index < -0.39 is 61.5 Å². The molecule has 0 radical (unpaired) electrons. The molecule has 53 heavy (non-hydrogen) atoms. The van der Waals surface area contributed by atoms with Crippen LogP contribution in [0.5, 0.6) is 0 Å². The number of carboxylic acids is 1. The van der Waals surface area contributed by atoms with Crippen LogP contribution in [0.2, 0.25) is 0 Å². The van der Waals surface area contributed by atoms with Gasteiger partial charge in [0.2, 0.25) is 5.91 Å². The Labute approximate surface area is 322 Å². The number of aliphatic hydroxyl groups excluding tert-OH is 5. The number of aliphatic hydroxyl groups is 5. The number of amides is 1. The summed E-state index contributed by atoms with van der Waals surface area (Å²) in [6.45, 7) is 4.06. The molecule has 3 unspecified atom stereocenters. The lowest BCUT2D eigenvalue weighted by molar-refractivity contribution is -0.296. The van der Waals surface area contributed by atoms with Gasteiger partial charge in [-0.3, -0.25) is 4.79 Å². The van der Waals surface area contributed by atoms with Crippen molar-refractivity contribution in [2.24, 2.45) is 0 Å². The minimum absolute atomic E-state index is 0.241. The van der Waals surface area contributed by atoms with Gasteiger partial charge in [0.05, 0.1) is 18.8 Å². The van der Waals surface area contributed by atoms with Crippen molar-refractivity contribution >= 4 is 11.9 Å². The molecule has 7 N–H and O–H groups in total. The number of carbonyl (C=O) groups excluding carboxylic acids is 1. The Bertz CT molecular complexity index is 879. The number of carboxylic acid groups (broad SMARTS) is 1. The van der Waals surface area contributed by atoms with Crippen LogP contribution in [0.3, 0.4) is 0 Å². The summed E-state index contributed by atoms with van der Waals surface area (Å²) >= 11 is 0. The number of hydrogen-bond donors (Lipinski definition) is 7. The first-order valence-corrected chi connectivity index (χ1v) is 21.8. The highest BCUT2D eigenvalue weighted by Gasteiger charge is 2.47. The minimum atomic E-state index is -1.87. The van der Waals surface area contributed by atoms with E-state index in [1.165, 1.54) is 122 Å². The fourth-order valence-electron chi connectivity index (χ4n) is 7.18. The molecule has 1 rings (SSSR count). The van der Waals surface area contributed by atoms with Gasteiger partial charge in [-0.1, -0.05) is 181 Å². The number of hydrogen-bond acceptors (Lipinski definition) is 9. The van der Waals surface area contributed by atoms with Crippen LogP contribution >= 0.6 is 0 Å². The Hall–Kier alpha value is -1.34. The van der Waals surface area contributed by atoms with E-state index in [9.17, 15) is 40.2 Å². The molecule has 0 saturated carbocycles. The van der Waals surface area contributed by atoms with E-state index in [0.717, 1.165) is 38.5 Å². The molecular weight excluding hydrogens is 678 g/mol. The average Bonchev–Trinajstić information content (AvgIpc) is 3.14. The molecule has 0 aromatic carbocycles. The smallest absolute Gasteiger partial charge is 0.335 e. The first-order valence-electron chi connectivity index (χ1n) is 21.8. The maximum atomic E-state index is 12.9. The summed E-state index contributed by atoms with van der Waals surface area (Å²) in [7, 11) is 0. The lowest BCUT2D eigenvalue weighted by atomic mass is 9.98. The van der Waals surface area contributed by atoms with Gasteiger partial charge in [0.25, 0.3) is 0 Å². The summed E-state index contributed by atoms with van der Waals surface area (Å²) in [5.41, 5.74) is 0. The number of unbranched alkanes of at least 4 members (excludes halogenated alkanes) is 25. The Balaban J connectivity index is 2.47. The molecule has 8 atom stereocenters. The number of rotatable bonds is 36. The van der Waals surface area contributed by atoms with E-state index in [-0.39, 0.29) is 12.3 Å². The highest BCUT2D eigenvalue weighted by molar-refractivity contribution is 5.76. The van der Waals surface area contributed by atoms with Crippen LogP contribution in [-0.4, -0.2) is 98.1 Å². The molecule has 1 saturated heterocycles. The lowest BCUT2D eigenvalue weighted by Crippen LogP contribution is -2.61. The van der Waals surface area contributed by atoms with Gasteiger partial charge in [-0.15, -0.1) is 0 Å². The lowest BCUT2D eigenvalue weighted by Gasteiger charge is -2.39. The quantitative estimate of drug-likeness (QED) is 0.0316. The van der Waals surface area contributed by atoms with Crippen LogP contribution in [0.15, 0.2) is 0 Å². The van der Waals surface area contributed by atoms with Crippen molar-refractivity contribution < 1.29 is 49.7 Å². The third-order valence-electron chi connectivity index (χ3n) is 10.8. The van der Waals surface area contributed by atoms with Crippen LogP contribution in [0.4, 0.5) is 0 Å². The van der Waals surface area contributed by atoms with Crippen molar-refractivity contribution in [2.75, 3.05) is 6.61 Å². The maximum Gasteiger partial charge on any atom is 0.335 e. The summed E-state index contributed by atoms with van der Waals surface area (Å²) in [6.07, 6.45) is 21.4. The third-order valence-corrected chi connectivity index (χ3v) is 10.8. The van der Waals surface area contributed by atoms with Gasteiger partial charge in [0, 0.05) is 6.42 Å². The van der Waals surface area contributed by atoms with Gasteiger partial charge in [-0.05, 0) is 12.8 Å². The molecule has 1 amide bonds. The second kappa shape index (κ2) is 32.9. The third kappa shape index (κ3) is 24.0. The number of ether oxygens (including phenoxy) is 2. The molecule has 0 aromatic rings. The van der Waals surface area contributed by atoms with Crippen LogP contribution in [0.25, 0.3) is 0 Å². The number of nitrogens with one attached hydrogen (secondary N) is 1. The largest absolute Gasteiger partial charge is 0.479 e. The monoisotopic (exact) mass is 760 g/mol. The van der Waals surface area contributed by atoms with Gasteiger partial charge in [0.15, 0.2) is 12.4 Å². The average molecular weight is 760 g/mol. The van der Waals surface area contributed by atoms with Gasteiger partial charge < -0.3 is 45.4 Å². The van der Waals surface area contributed by atoms with Crippen LogP contribution in [0, 0.1) is 0 Å². The first kappa shape index (κ1) is 49.7. The summed E-state index contributed by atoms with van der Waals surface area (Å²) in [6, 6.07) is -1.07. The molecule has 0 bridgehead atoms. The molecule has 11 nitrogen and oxygen atoms in total. The van der Waals surface area contributed by atoms with Gasteiger partial charge in [-0.2, -0.15) is 0 Å². The Morgan fingerprint density at radius 2 is 0.981 bits per heavy atom. The first-order chi connectivity index (χ1) is 25.6. The Morgan fingerprint density at radius 3 is 1.40 bits per heavy atom. The van der Waals surface area contributed by atoms with Crippen LogP contribution in [0.1, 0.15) is 200 Å². The van der Waals surface area contributed by atoms with Crippen molar-refractivity contribution in [3.05, 3.63) is 0 Å². The molecule has 1 aliphatic heterocycles.